The average Bonchev–Trinajstić information content (AvgIpc) is 2.40. The topological polar surface area (TPSA) is 0 Å². The van der Waals surface area contributed by atoms with Crippen LogP contribution in [0.2, 0.25) is 0 Å². The zero-order valence-electron chi connectivity index (χ0n) is 11.8. The lowest BCUT2D eigenvalue weighted by Crippen LogP contribution is -2.03. The van der Waals surface area contributed by atoms with E-state index in [1.54, 1.807) is 6.08 Å². The van der Waals surface area contributed by atoms with E-state index >= 15 is 0 Å². The first-order chi connectivity index (χ1) is 8.54. The van der Waals surface area contributed by atoms with Crippen molar-refractivity contribution in [2.24, 2.45) is 0 Å². The van der Waals surface area contributed by atoms with E-state index in [0.29, 0.717) is 0 Å². The molecule has 3 heteroatoms. The third-order valence-electron chi connectivity index (χ3n) is 1.78. The van der Waals surface area contributed by atoms with E-state index in [4.69, 9.17) is 0 Å². The minimum absolute atomic E-state index is 0.605. The van der Waals surface area contributed by atoms with Crippen molar-refractivity contribution in [1.29, 1.82) is 0 Å². The largest absolute Gasteiger partial charge is 0.416 e. The summed E-state index contributed by atoms with van der Waals surface area (Å²) >= 11 is 0. The van der Waals surface area contributed by atoms with Gasteiger partial charge in [0, 0.05) is 0 Å². The van der Waals surface area contributed by atoms with Crippen LogP contribution in [0.5, 0.6) is 0 Å². The number of allylic oxidation sites excluding steroid dienone is 1. The number of benzene rings is 1. The van der Waals surface area contributed by atoms with Crippen molar-refractivity contribution < 1.29 is 13.2 Å². The minimum Gasteiger partial charge on any atom is -0.166 e. The van der Waals surface area contributed by atoms with Gasteiger partial charge in [-0.25, -0.2) is 0 Å². The molecule has 0 unspecified atom stereocenters. The third kappa shape index (κ3) is 7.93. The predicted octanol–water partition coefficient (Wildman–Crippen LogP) is 6.18. The van der Waals surface area contributed by atoms with Crippen LogP contribution >= 0.6 is 0 Å². The lowest BCUT2D eigenvalue weighted by molar-refractivity contribution is -0.137. The molecule has 104 valence electrons. The van der Waals surface area contributed by atoms with Gasteiger partial charge in [0.2, 0.25) is 0 Å². The molecule has 0 aromatic heterocycles. The molecule has 0 bridgehead atoms. The Hall–Kier alpha value is -1.25. The fraction of sp³-hybridized carbons (Fsp3) is 0.467. The fourth-order valence-electron chi connectivity index (χ4n) is 1.04. The summed E-state index contributed by atoms with van der Waals surface area (Å²) < 4.78 is 36.5. The van der Waals surface area contributed by atoms with E-state index in [-0.39, 0.29) is 0 Å². The molecule has 1 aromatic rings. The second-order valence-corrected chi connectivity index (χ2v) is 2.93. The molecule has 0 saturated heterocycles. The molecular formula is C15H23F3. The molecule has 0 nitrogen and oxygen atoms in total. The summed E-state index contributed by atoms with van der Waals surface area (Å²) in [5.74, 6) is 0. The van der Waals surface area contributed by atoms with Gasteiger partial charge in [0.25, 0.3) is 0 Å². The van der Waals surface area contributed by atoms with Gasteiger partial charge in [-0.3, -0.25) is 0 Å². The van der Waals surface area contributed by atoms with Gasteiger partial charge in [-0.1, -0.05) is 58.9 Å². The maximum absolute atomic E-state index is 12.2. The molecule has 0 amide bonds. The average molecular weight is 260 g/mol. The summed E-state index contributed by atoms with van der Waals surface area (Å²) in [4.78, 5) is 0. The van der Waals surface area contributed by atoms with Crippen LogP contribution in [0.15, 0.2) is 30.3 Å². The Morgan fingerprint density at radius 2 is 1.39 bits per heavy atom. The van der Waals surface area contributed by atoms with E-state index in [0.717, 1.165) is 24.1 Å². The lowest BCUT2D eigenvalue weighted by atomic mass is 10.1. The Morgan fingerprint density at radius 1 is 0.944 bits per heavy atom. The molecule has 0 aliphatic rings. The maximum Gasteiger partial charge on any atom is 0.416 e. The molecule has 1 rings (SSSR count). The minimum atomic E-state index is -4.24. The summed E-state index contributed by atoms with van der Waals surface area (Å²) in [5.41, 5.74) is 0.186. The molecule has 0 N–H and O–H groups in total. The van der Waals surface area contributed by atoms with Crippen LogP contribution in [0.3, 0.4) is 0 Å². The zero-order chi connectivity index (χ0) is 14.6. The van der Waals surface area contributed by atoms with Crippen molar-refractivity contribution >= 4 is 6.08 Å². The molecule has 18 heavy (non-hydrogen) atoms. The Kier molecular flexibility index (Phi) is 11.5. The van der Waals surface area contributed by atoms with E-state index in [9.17, 15) is 13.2 Å². The number of alkyl halides is 3. The molecule has 0 atom stereocenters. The van der Waals surface area contributed by atoms with Crippen molar-refractivity contribution in [3.05, 3.63) is 41.5 Å². The number of rotatable bonds is 2. The highest BCUT2D eigenvalue weighted by Crippen LogP contribution is 2.29. The number of halogens is 3. The van der Waals surface area contributed by atoms with E-state index < -0.39 is 11.7 Å². The van der Waals surface area contributed by atoms with Crippen LogP contribution in [0, 0.1) is 0 Å². The molecule has 1 aromatic carbocycles. The first-order valence-corrected chi connectivity index (χ1v) is 6.38. The Bertz CT molecular complexity index is 308. The van der Waals surface area contributed by atoms with E-state index in [1.165, 1.54) is 12.1 Å². The lowest BCUT2D eigenvalue weighted by Gasteiger charge is -2.05. The molecule has 0 aliphatic heterocycles. The fourth-order valence-corrected chi connectivity index (χ4v) is 1.04. The molecule has 0 radical (unpaired) electrons. The first kappa shape index (κ1) is 19.1. The molecule has 0 spiro atoms. The van der Waals surface area contributed by atoms with Crippen molar-refractivity contribution in [3.63, 3.8) is 0 Å². The van der Waals surface area contributed by atoms with Crippen LogP contribution < -0.4 is 0 Å². The quantitative estimate of drug-likeness (QED) is 0.595. The highest BCUT2D eigenvalue weighted by atomic mass is 19.4. The van der Waals surface area contributed by atoms with Crippen LogP contribution in [0.1, 0.15) is 52.2 Å². The summed E-state index contributed by atoms with van der Waals surface area (Å²) in [6.07, 6.45) is 0.344. The predicted molar refractivity (Wildman–Crippen MR) is 73.5 cm³/mol. The second-order valence-electron chi connectivity index (χ2n) is 2.93. The normalized spacial score (nSPS) is 10.2. The molecule has 0 heterocycles. The third-order valence-corrected chi connectivity index (χ3v) is 1.78. The zero-order valence-corrected chi connectivity index (χ0v) is 11.8. The maximum atomic E-state index is 12.2. The Morgan fingerprint density at radius 3 is 1.72 bits per heavy atom. The Labute approximate surface area is 109 Å². The van der Waals surface area contributed by atoms with Crippen molar-refractivity contribution in [3.8, 4) is 0 Å². The van der Waals surface area contributed by atoms with Gasteiger partial charge in [-0.2, -0.15) is 13.2 Å². The van der Waals surface area contributed by atoms with Gasteiger partial charge >= 0.3 is 6.18 Å². The highest BCUT2D eigenvalue weighted by Gasteiger charge is 2.29. The van der Waals surface area contributed by atoms with Crippen molar-refractivity contribution in [2.75, 3.05) is 0 Å². The van der Waals surface area contributed by atoms with E-state index in [2.05, 4.69) is 0 Å². The molecular weight excluding hydrogens is 237 g/mol. The number of hydrogen-bond donors (Lipinski definition) is 0. The summed E-state index contributed by atoms with van der Waals surface area (Å²) in [6, 6.07) is 5.12. The molecule has 0 fully saturated rings. The van der Waals surface area contributed by atoms with Crippen molar-refractivity contribution in [1.82, 2.24) is 0 Å². The van der Waals surface area contributed by atoms with E-state index in [1.807, 2.05) is 40.7 Å². The van der Waals surface area contributed by atoms with Crippen LogP contribution in [0.25, 0.3) is 6.08 Å². The summed E-state index contributed by atoms with van der Waals surface area (Å²) in [7, 11) is 0. The van der Waals surface area contributed by atoms with Gasteiger partial charge < -0.3 is 0 Å². The van der Waals surface area contributed by atoms with Crippen LogP contribution in [-0.4, -0.2) is 0 Å². The van der Waals surface area contributed by atoms with Gasteiger partial charge in [0.05, 0.1) is 5.56 Å². The van der Waals surface area contributed by atoms with Gasteiger partial charge in [-0.15, -0.1) is 0 Å². The first-order valence-electron chi connectivity index (χ1n) is 6.38. The Balaban J connectivity index is 0. The number of hydrogen-bond acceptors (Lipinski definition) is 0. The highest BCUT2D eigenvalue weighted by molar-refractivity contribution is 5.49. The standard InChI is InChI=1S/C11H11F3.2C2H6/c1-2-3-4-9-5-7-10(8-6-9)11(12,13)14;2*1-2/h3-8H,2H2,1H3;2*1-2H3/b4-3-;;. The molecule has 0 saturated carbocycles. The van der Waals surface area contributed by atoms with Gasteiger partial charge in [0.1, 0.15) is 0 Å². The summed E-state index contributed by atoms with van der Waals surface area (Å²) in [5, 5.41) is 0. The monoisotopic (exact) mass is 260 g/mol. The van der Waals surface area contributed by atoms with Gasteiger partial charge in [0.15, 0.2) is 0 Å². The van der Waals surface area contributed by atoms with Crippen LogP contribution in [0.4, 0.5) is 13.2 Å². The van der Waals surface area contributed by atoms with Crippen molar-refractivity contribution in [2.45, 2.75) is 47.2 Å². The summed E-state index contributed by atoms with van der Waals surface area (Å²) in [6.45, 7) is 9.97. The second kappa shape index (κ2) is 10.9. The van der Waals surface area contributed by atoms with Crippen LogP contribution in [-0.2, 0) is 6.18 Å². The smallest absolute Gasteiger partial charge is 0.166 e. The molecule has 0 aliphatic carbocycles. The van der Waals surface area contributed by atoms with Gasteiger partial charge in [-0.05, 0) is 24.1 Å². The SMILES string of the molecule is CC.CC.CC/C=C\c1ccc(C(F)(F)F)cc1.